The molecular formula is C19H12BrCl2N3O2S. The molecule has 5 nitrogen and oxygen atoms in total. The maximum Gasteiger partial charge on any atom is 0.262 e. The van der Waals surface area contributed by atoms with Gasteiger partial charge < -0.3 is 5.73 Å². The molecule has 142 valence electrons. The third kappa shape index (κ3) is 4.20. The average molecular weight is 497 g/mol. The third-order valence-corrected chi connectivity index (χ3v) is 6.55. The Hall–Kier alpha value is -1.98. The molecular weight excluding hydrogens is 485 g/mol. The number of rotatable bonds is 4. The van der Waals surface area contributed by atoms with Crippen molar-refractivity contribution in [2.24, 2.45) is 5.73 Å². The van der Waals surface area contributed by atoms with E-state index in [1.54, 1.807) is 42.5 Å². The summed E-state index contributed by atoms with van der Waals surface area (Å²) < 4.78 is 0.837. The van der Waals surface area contributed by atoms with Gasteiger partial charge in [0.15, 0.2) is 0 Å². The lowest BCUT2D eigenvalue weighted by molar-refractivity contribution is -0.117. The van der Waals surface area contributed by atoms with Gasteiger partial charge in [-0.15, -0.1) is 0 Å². The van der Waals surface area contributed by atoms with Crippen LogP contribution in [0.3, 0.4) is 0 Å². The molecule has 3 rings (SSSR count). The Morgan fingerprint density at radius 3 is 2.46 bits per heavy atom. The largest absolute Gasteiger partial charge is 0.365 e. The summed E-state index contributed by atoms with van der Waals surface area (Å²) in [6.45, 7) is 0. The van der Waals surface area contributed by atoms with Crippen molar-refractivity contribution in [3.8, 4) is 6.07 Å². The molecule has 0 aromatic heterocycles. The highest BCUT2D eigenvalue weighted by molar-refractivity contribution is 9.10. The zero-order valence-corrected chi connectivity index (χ0v) is 18.1. The quantitative estimate of drug-likeness (QED) is 0.492. The molecule has 1 unspecified atom stereocenters. The topological polar surface area (TPSA) is 87.2 Å². The molecule has 9 heteroatoms. The molecule has 0 saturated carbocycles. The summed E-state index contributed by atoms with van der Waals surface area (Å²) in [5, 5.41) is 9.90. The second-order valence-corrected chi connectivity index (χ2v) is 8.79. The number of nitriles is 1. The summed E-state index contributed by atoms with van der Waals surface area (Å²) in [4.78, 5) is 26.3. The minimum atomic E-state index is -0.880. The Morgan fingerprint density at radius 2 is 1.89 bits per heavy atom. The van der Waals surface area contributed by atoms with E-state index in [1.165, 1.54) is 4.90 Å². The average Bonchev–Trinajstić information content (AvgIpc) is 2.95. The van der Waals surface area contributed by atoms with Crippen LogP contribution >= 0.6 is 50.9 Å². The maximum atomic E-state index is 13.1. The lowest BCUT2D eigenvalue weighted by atomic mass is 10.1. The van der Waals surface area contributed by atoms with Crippen LogP contribution in [0.1, 0.15) is 5.56 Å². The zero-order chi connectivity index (χ0) is 20.4. The molecule has 1 heterocycles. The zero-order valence-electron chi connectivity index (χ0n) is 14.2. The standard InChI is InChI=1S/C19H12BrCl2N3O2S/c20-11-2-4-12(5-3-11)25-18(27)16(28-19(25)13(9-23)17(24)26)8-10-1-6-14(21)15(22)7-10/h1-7,16H,8H2,(H2,24,26)/b19-13-. The van der Waals surface area contributed by atoms with Gasteiger partial charge in [0.1, 0.15) is 16.7 Å². The molecule has 1 aliphatic rings. The van der Waals surface area contributed by atoms with E-state index in [-0.39, 0.29) is 16.5 Å². The van der Waals surface area contributed by atoms with Crippen LogP contribution in [0.4, 0.5) is 5.69 Å². The molecule has 1 aliphatic heterocycles. The molecule has 28 heavy (non-hydrogen) atoms. The first kappa shape index (κ1) is 20.7. The van der Waals surface area contributed by atoms with Crippen LogP contribution in [0.25, 0.3) is 0 Å². The van der Waals surface area contributed by atoms with Gasteiger partial charge in [-0.2, -0.15) is 5.26 Å². The van der Waals surface area contributed by atoms with Crippen LogP contribution in [0.5, 0.6) is 0 Å². The van der Waals surface area contributed by atoms with E-state index in [0.717, 1.165) is 21.8 Å². The first-order chi connectivity index (χ1) is 13.3. The summed E-state index contributed by atoms with van der Waals surface area (Å²) >= 11 is 16.5. The van der Waals surface area contributed by atoms with Crippen molar-refractivity contribution in [1.29, 1.82) is 5.26 Å². The number of benzene rings is 2. The van der Waals surface area contributed by atoms with E-state index < -0.39 is 11.2 Å². The molecule has 2 N–H and O–H groups in total. The van der Waals surface area contributed by atoms with Gasteiger partial charge in [0.05, 0.1) is 15.3 Å². The van der Waals surface area contributed by atoms with Crippen molar-refractivity contribution in [1.82, 2.24) is 0 Å². The molecule has 0 bridgehead atoms. The van der Waals surface area contributed by atoms with Crippen LogP contribution in [-0.4, -0.2) is 17.1 Å². The lowest BCUT2D eigenvalue weighted by Crippen LogP contribution is -2.31. The number of hydrogen-bond donors (Lipinski definition) is 1. The Labute approximate surface area is 184 Å². The van der Waals surface area contributed by atoms with Crippen molar-refractivity contribution in [3.63, 3.8) is 0 Å². The fraction of sp³-hybridized carbons (Fsp3) is 0.105. The highest BCUT2D eigenvalue weighted by Crippen LogP contribution is 2.42. The number of primary amides is 1. The SMILES string of the molecule is N#C/C(C(N)=O)=C1/SC(Cc2ccc(Cl)c(Cl)c2)C(=O)N1c1ccc(Br)cc1. The highest BCUT2D eigenvalue weighted by Gasteiger charge is 2.40. The third-order valence-electron chi connectivity index (χ3n) is 4.01. The van der Waals surface area contributed by atoms with Gasteiger partial charge in [0.25, 0.3) is 5.91 Å². The van der Waals surface area contributed by atoms with Crippen LogP contribution < -0.4 is 10.6 Å². The number of carbonyl (C=O) groups excluding carboxylic acids is 2. The molecule has 2 amide bonds. The summed E-state index contributed by atoms with van der Waals surface area (Å²) in [6, 6.07) is 14.0. The van der Waals surface area contributed by atoms with Gasteiger partial charge in [-0.25, -0.2) is 0 Å². The van der Waals surface area contributed by atoms with E-state index in [4.69, 9.17) is 28.9 Å². The maximum absolute atomic E-state index is 13.1. The van der Waals surface area contributed by atoms with Crippen molar-refractivity contribution in [2.75, 3.05) is 4.90 Å². The van der Waals surface area contributed by atoms with E-state index >= 15 is 0 Å². The van der Waals surface area contributed by atoms with Gasteiger partial charge in [-0.05, 0) is 48.4 Å². The van der Waals surface area contributed by atoms with Crippen LogP contribution in [0, 0.1) is 11.3 Å². The van der Waals surface area contributed by atoms with Gasteiger partial charge in [-0.3, -0.25) is 14.5 Å². The molecule has 2 aromatic carbocycles. The molecule has 0 aliphatic carbocycles. The van der Waals surface area contributed by atoms with E-state index in [2.05, 4.69) is 15.9 Å². The van der Waals surface area contributed by atoms with Crippen LogP contribution in [0.2, 0.25) is 10.0 Å². The normalized spacial score (nSPS) is 18.1. The Morgan fingerprint density at radius 1 is 1.21 bits per heavy atom. The van der Waals surface area contributed by atoms with E-state index in [1.807, 2.05) is 6.07 Å². The predicted molar refractivity (Wildman–Crippen MR) is 115 cm³/mol. The fourth-order valence-corrected chi connectivity index (χ4v) is 4.61. The first-order valence-corrected chi connectivity index (χ1v) is 10.4. The van der Waals surface area contributed by atoms with Gasteiger partial charge in [0, 0.05) is 10.2 Å². The minimum Gasteiger partial charge on any atom is -0.365 e. The number of thioether (sulfide) groups is 1. The molecule has 0 spiro atoms. The smallest absolute Gasteiger partial charge is 0.262 e. The summed E-state index contributed by atoms with van der Waals surface area (Å²) in [5.41, 5.74) is 6.47. The van der Waals surface area contributed by atoms with Gasteiger partial charge in [0.2, 0.25) is 5.91 Å². The highest BCUT2D eigenvalue weighted by atomic mass is 79.9. The molecule has 1 saturated heterocycles. The number of halogens is 3. The van der Waals surface area contributed by atoms with Crippen molar-refractivity contribution in [2.45, 2.75) is 11.7 Å². The number of nitrogens with zero attached hydrogens (tertiary/aromatic N) is 2. The van der Waals surface area contributed by atoms with Crippen LogP contribution in [-0.2, 0) is 16.0 Å². The lowest BCUT2D eigenvalue weighted by Gasteiger charge is -2.18. The second-order valence-electron chi connectivity index (χ2n) is 5.87. The molecule has 0 radical (unpaired) electrons. The predicted octanol–water partition coefficient (Wildman–Crippen LogP) is 4.67. The van der Waals surface area contributed by atoms with Gasteiger partial charge in [-0.1, -0.05) is 57.0 Å². The van der Waals surface area contributed by atoms with Crippen molar-refractivity contribution >= 4 is 68.4 Å². The minimum absolute atomic E-state index is 0.229. The fourth-order valence-electron chi connectivity index (χ4n) is 2.71. The Bertz CT molecular complexity index is 1030. The van der Waals surface area contributed by atoms with Crippen molar-refractivity contribution < 1.29 is 9.59 Å². The summed E-state index contributed by atoms with van der Waals surface area (Å²) in [7, 11) is 0. The van der Waals surface area contributed by atoms with Crippen LogP contribution in [0.15, 0.2) is 57.5 Å². The second kappa shape index (κ2) is 8.58. The number of amides is 2. The number of nitrogens with two attached hydrogens (primary N) is 1. The molecule has 2 aromatic rings. The van der Waals surface area contributed by atoms with E-state index in [9.17, 15) is 14.9 Å². The van der Waals surface area contributed by atoms with Gasteiger partial charge >= 0.3 is 0 Å². The number of hydrogen-bond acceptors (Lipinski definition) is 4. The first-order valence-electron chi connectivity index (χ1n) is 7.96. The monoisotopic (exact) mass is 495 g/mol. The summed E-state index contributed by atoms with van der Waals surface area (Å²) in [6.07, 6.45) is 0.356. The molecule has 1 fully saturated rings. The number of anilines is 1. The van der Waals surface area contributed by atoms with E-state index in [0.29, 0.717) is 22.2 Å². The summed E-state index contributed by atoms with van der Waals surface area (Å²) in [5.74, 6) is -1.13. The number of carbonyl (C=O) groups is 2. The molecule has 1 atom stereocenters. The Balaban J connectivity index is 2.02. The van der Waals surface area contributed by atoms with Crippen molar-refractivity contribution in [3.05, 3.63) is 73.1 Å². The Kier molecular flexibility index (Phi) is 6.36.